The van der Waals surface area contributed by atoms with E-state index in [1.165, 1.54) is 116 Å². The average Bonchev–Trinajstić information content (AvgIpc) is 2.66. The molecule has 0 unspecified atom stereocenters. The van der Waals surface area contributed by atoms with Crippen molar-refractivity contribution >= 4 is 37.2 Å². The number of nitrogens with one attached hydrogen (secondary N) is 2. The largest absolute Gasteiger partial charge is 0.330 e. The molecule has 0 aromatic heterocycles. The van der Waals surface area contributed by atoms with Gasteiger partial charge in [-0.1, -0.05) is 90.4 Å². The van der Waals surface area contributed by atoms with Crippen molar-refractivity contribution in [3.05, 3.63) is 0 Å². The number of hydrogen-bond donors (Lipinski definition) is 3. The molecule has 0 radical (unpaired) electrons. The molecule has 0 bridgehead atoms. The van der Waals surface area contributed by atoms with Gasteiger partial charge in [0.15, 0.2) is 0 Å². The molecule has 182 valence electrons. The predicted molar refractivity (Wildman–Crippen MR) is 141 cm³/mol. The van der Waals surface area contributed by atoms with Crippen LogP contribution in [-0.4, -0.2) is 32.7 Å². The fourth-order valence-electron chi connectivity index (χ4n) is 3.42. The Morgan fingerprint density at radius 2 is 0.690 bits per heavy atom. The molecule has 0 spiro atoms. The molecule has 0 atom stereocenters. The van der Waals surface area contributed by atoms with Gasteiger partial charge in [-0.05, 0) is 58.4 Å². The Labute approximate surface area is 202 Å². The van der Waals surface area contributed by atoms with Crippen LogP contribution in [-0.2, 0) is 0 Å². The Morgan fingerprint density at radius 3 is 1.03 bits per heavy atom. The topological polar surface area (TPSA) is 50.1 Å². The Kier molecular flexibility index (Phi) is 46.2. The molecule has 0 saturated heterocycles. The first kappa shape index (κ1) is 37.1. The molecule has 0 aliphatic heterocycles. The first-order chi connectivity index (χ1) is 12.9. The summed E-state index contributed by atoms with van der Waals surface area (Å²) >= 11 is 0. The van der Waals surface area contributed by atoms with Gasteiger partial charge in [0, 0.05) is 0 Å². The maximum absolute atomic E-state index is 5.47. The third-order valence-electron chi connectivity index (χ3n) is 5.22. The lowest BCUT2D eigenvalue weighted by Gasteiger charge is -2.06. The van der Waals surface area contributed by atoms with E-state index in [-0.39, 0.29) is 37.2 Å². The summed E-state index contributed by atoms with van der Waals surface area (Å²) in [4.78, 5) is 0. The summed E-state index contributed by atoms with van der Waals surface area (Å²) in [5.41, 5.74) is 5.47. The Hall–Kier alpha value is 0.750. The lowest BCUT2D eigenvalue weighted by molar-refractivity contribution is 0.525. The lowest BCUT2D eigenvalue weighted by atomic mass is 10.0. The molecular weight excluding hydrogens is 425 g/mol. The summed E-state index contributed by atoms with van der Waals surface area (Å²) in [6.07, 6.45) is 23.8. The number of hydrogen-bond acceptors (Lipinski definition) is 3. The van der Waals surface area contributed by atoms with Crippen LogP contribution in [0.1, 0.15) is 116 Å². The van der Waals surface area contributed by atoms with Gasteiger partial charge in [0.2, 0.25) is 0 Å². The number of nitrogens with two attached hydrogens (primary N) is 1. The van der Waals surface area contributed by atoms with E-state index < -0.39 is 0 Å². The van der Waals surface area contributed by atoms with E-state index in [0.29, 0.717) is 0 Å². The molecule has 29 heavy (non-hydrogen) atoms. The first-order valence-electron chi connectivity index (χ1n) is 12.0. The SMILES string of the molecule is CCCCCCCCCCCCCCCCNCCCCNCCCN.Cl.Cl.Cl. The second-order valence-electron chi connectivity index (χ2n) is 7.95. The van der Waals surface area contributed by atoms with Crippen LogP contribution in [0.15, 0.2) is 0 Å². The molecule has 4 N–H and O–H groups in total. The van der Waals surface area contributed by atoms with E-state index in [1.807, 2.05) is 0 Å². The fourth-order valence-corrected chi connectivity index (χ4v) is 3.42. The predicted octanol–water partition coefficient (Wildman–Crippen LogP) is 7.04. The van der Waals surface area contributed by atoms with E-state index in [9.17, 15) is 0 Å². The van der Waals surface area contributed by atoms with Crippen molar-refractivity contribution in [2.45, 2.75) is 116 Å². The summed E-state index contributed by atoms with van der Waals surface area (Å²) in [5, 5.41) is 7.02. The van der Waals surface area contributed by atoms with E-state index in [1.54, 1.807) is 0 Å². The summed E-state index contributed by atoms with van der Waals surface area (Å²) in [6.45, 7) is 7.69. The smallest absolute Gasteiger partial charge is 0.00369 e. The second-order valence-corrected chi connectivity index (χ2v) is 7.95. The van der Waals surface area contributed by atoms with Gasteiger partial charge >= 0.3 is 0 Å². The van der Waals surface area contributed by atoms with E-state index in [2.05, 4.69) is 17.6 Å². The fraction of sp³-hybridized carbons (Fsp3) is 1.00. The van der Waals surface area contributed by atoms with E-state index in [0.717, 1.165) is 26.1 Å². The minimum atomic E-state index is 0. The van der Waals surface area contributed by atoms with Crippen molar-refractivity contribution < 1.29 is 0 Å². The van der Waals surface area contributed by atoms with Crippen molar-refractivity contribution in [3.63, 3.8) is 0 Å². The van der Waals surface area contributed by atoms with Crippen LogP contribution < -0.4 is 16.4 Å². The molecule has 0 heterocycles. The van der Waals surface area contributed by atoms with Crippen LogP contribution >= 0.6 is 37.2 Å². The number of halogens is 3. The minimum Gasteiger partial charge on any atom is -0.330 e. The van der Waals surface area contributed by atoms with Gasteiger partial charge in [-0.2, -0.15) is 0 Å². The third-order valence-corrected chi connectivity index (χ3v) is 5.22. The summed E-state index contributed by atoms with van der Waals surface area (Å²) in [5.74, 6) is 0. The molecule has 0 fully saturated rings. The van der Waals surface area contributed by atoms with Crippen LogP contribution in [0.25, 0.3) is 0 Å². The van der Waals surface area contributed by atoms with Crippen LogP contribution in [0, 0.1) is 0 Å². The normalized spacial score (nSPS) is 10.1. The molecule has 0 aromatic rings. The van der Waals surface area contributed by atoms with Crippen molar-refractivity contribution in [2.24, 2.45) is 5.73 Å². The van der Waals surface area contributed by atoms with E-state index >= 15 is 0 Å². The van der Waals surface area contributed by atoms with Gasteiger partial charge in [-0.25, -0.2) is 0 Å². The maximum atomic E-state index is 5.47. The Balaban J connectivity index is -0.00000104. The molecule has 0 aliphatic rings. The highest BCUT2D eigenvalue weighted by atomic mass is 35.5. The first-order valence-corrected chi connectivity index (χ1v) is 12.0. The minimum absolute atomic E-state index is 0. The molecule has 0 aliphatic carbocycles. The molecule has 0 aromatic carbocycles. The second kappa shape index (κ2) is 36.1. The average molecular weight is 479 g/mol. The highest BCUT2D eigenvalue weighted by Gasteiger charge is 1.94. The van der Waals surface area contributed by atoms with Crippen LogP contribution in [0.3, 0.4) is 0 Å². The zero-order valence-corrected chi connectivity index (χ0v) is 21.8. The van der Waals surface area contributed by atoms with Gasteiger partial charge in [-0.15, -0.1) is 37.2 Å². The molecule has 6 heteroatoms. The van der Waals surface area contributed by atoms with Crippen molar-refractivity contribution in [3.8, 4) is 0 Å². The molecule has 0 amide bonds. The zero-order valence-electron chi connectivity index (χ0n) is 19.4. The Morgan fingerprint density at radius 1 is 0.414 bits per heavy atom. The molecule has 3 nitrogen and oxygen atoms in total. The Bertz CT molecular complexity index is 223. The monoisotopic (exact) mass is 477 g/mol. The van der Waals surface area contributed by atoms with Crippen molar-refractivity contribution in [1.82, 2.24) is 10.6 Å². The van der Waals surface area contributed by atoms with Crippen LogP contribution in [0.4, 0.5) is 0 Å². The molecular formula is C23H54Cl3N3. The number of rotatable bonds is 23. The van der Waals surface area contributed by atoms with Gasteiger partial charge in [0.25, 0.3) is 0 Å². The maximum Gasteiger partial charge on any atom is -0.00369 e. The highest BCUT2D eigenvalue weighted by Crippen LogP contribution is 2.12. The molecule has 0 saturated carbocycles. The van der Waals surface area contributed by atoms with Gasteiger partial charge in [0.1, 0.15) is 0 Å². The van der Waals surface area contributed by atoms with Gasteiger partial charge in [-0.3, -0.25) is 0 Å². The van der Waals surface area contributed by atoms with Crippen LogP contribution in [0.2, 0.25) is 0 Å². The van der Waals surface area contributed by atoms with Gasteiger partial charge < -0.3 is 16.4 Å². The molecule has 0 rings (SSSR count). The standard InChI is InChI=1S/C23H51N3.3ClH/c1-2-3-4-5-6-7-8-9-10-11-12-13-14-15-20-25-21-16-17-22-26-23-18-19-24;;;/h25-26H,2-24H2,1H3;3*1H. The number of unbranched alkanes of at least 4 members (excludes halogenated alkanes) is 14. The van der Waals surface area contributed by atoms with Gasteiger partial charge in [0.05, 0.1) is 0 Å². The zero-order chi connectivity index (χ0) is 19.0. The highest BCUT2D eigenvalue weighted by molar-refractivity contribution is 5.86. The quantitative estimate of drug-likeness (QED) is 0.138. The summed E-state index contributed by atoms with van der Waals surface area (Å²) < 4.78 is 0. The summed E-state index contributed by atoms with van der Waals surface area (Å²) in [7, 11) is 0. The van der Waals surface area contributed by atoms with Crippen molar-refractivity contribution in [1.29, 1.82) is 0 Å². The van der Waals surface area contributed by atoms with Crippen LogP contribution in [0.5, 0.6) is 0 Å². The van der Waals surface area contributed by atoms with Crippen molar-refractivity contribution in [2.75, 3.05) is 32.7 Å². The lowest BCUT2D eigenvalue weighted by Crippen LogP contribution is -2.21. The third kappa shape index (κ3) is 36.5. The van der Waals surface area contributed by atoms with E-state index in [4.69, 9.17) is 5.73 Å². The summed E-state index contributed by atoms with van der Waals surface area (Å²) in [6, 6.07) is 0.